The van der Waals surface area contributed by atoms with Gasteiger partial charge in [0, 0.05) is 10.9 Å². The van der Waals surface area contributed by atoms with Crippen LogP contribution in [0.15, 0.2) is 33.5 Å². The molecule has 0 aromatic carbocycles. The maximum Gasteiger partial charge on any atom is 0.0507 e. The zero-order valence-corrected chi connectivity index (χ0v) is 9.42. The smallest absolute Gasteiger partial charge is 0.0507 e. The first kappa shape index (κ1) is 11.1. The van der Waals surface area contributed by atoms with Gasteiger partial charge < -0.3 is 0 Å². The molecule has 0 saturated carbocycles. The van der Waals surface area contributed by atoms with Crippen LogP contribution in [0.2, 0.25) is 0 Å². The zero-order valence-electron chi connectivity index (χ0n) is 8.60. The third-order valence-electron chi connectivity index (χ3n) is 1.93. The molecule has 4 nitrogen and oxygen atoms in total. The van der Waals surface area contributed by atoms with E-state index in [1.807, 2.05) is 11.3 Å². The number of rotatable bonds is 4. The van der Waals surface area contributed by atoms with Gasteiger partial charge in [-0.15, -0.1) is 4.41 Å². The summed E-state index contributed by atoms with van der Waals surface area (Å²) in [6, 6.07) is 0. The average Bonchev–Trinajstić information content (AvgIpc) is 2.59. The Hall–Kier alpha value is -0.940. The van der Waals surface area contributed by atoms with Crippen molar-refractivity contribution in [1.82, 2.24) is 9.95 Å². The summed E-state index contributed by atoms with van der Waals surface area (Å²) in [5.74, 6) is 3.84. The van der Waals surface area contributed by atoms with Crippen LogP contribution in [0.5, 0.6) is 0 Å². The van der Waals surface area contributed by atoms with E-state index in [0.29, 0.717) is 0 Å². The van der Waals surface area contributed by atoms with Gasteiger partial charge in [0.2, 0.25) is 0 Å². The monoisotopic (exact) mass is 212 g/mol. The Kier molecular flexibility index (Phi) is 4.55. The van der Waals surface area contributed by atoms with E-state index >= 15 is 0 Å². The Bertz CT molecular complexity index is 293. The summed E-state index contributed by atoms with van der Waals surface area (Å²) >= 11 is 0. The highest BCUT2D eigenvalue weighted by Gasteiger charge is 2.08. The molecule has 0 amide bonds. The fourth-order valence-electron chi connectivity index (χ4n) is 1.05. The normalized spacial score (nSPS) is 23.3. The molecule has 0 spiro atoms. The molecule has 78 valence electrons. The Morgan fingerprint density at radius 2 is 2.43 bits per heavy atom. The van der Waals surface area contributed by atoms with Crippen molar-refractivity contribution in [1.29, 1.82) is 0 Å². The van der Waals surface area contributed by atoms with Crippen molar-refractivity contribution in [3.63, 3.8) is 0 Å². The summed E-state index contributed by atoms with van der Waals surface area (Å²) in [5, 5.41) is 3.69. The van der Waals surface area contributed by atoms with Gasteiger partial charge in [0.05, 0.1) is 6.54 Å². The maximum atomic E-state index is 3.86. The van der Waals surface area contributed by atoms with Gasteiger partial charge >= 0.3 is 0 Å². The van der Waals surface area contributed by atoms with Gasteiger partial charge in [0.15, 0.2) is 0 Å². The molecule has 0 bridgehead atoms. The standard InChI is InChI=1S/C9H16N4S/c1-4-9(5-2)7-6-8-13-11-10-12-14(13)3/h4,6-7H,3,5,8H2,1-2H3,(H,11,12). The second-order valence-corrected chi connectivity index (χ2v) is 4.09. The molecule has 1 aliphatic heterocycles. The summed E-state index contributed by atoms with van der Waals surface area (Å²) in [5.41, 5.74) is 4.12. The third kappa shape index (κ3) is 3.08. The lowest BCUT2D eigenvalue weighted by Crippen LogP contribution is -2.24. The molecule has 1 unspecified atom stereocenters. The third-order valence-corrected chi connectivity index (χ3v) is 2.94. The lowest BCUT2D eigenvalue weighted by molar-refractivity contribution is 0.405. The highest BCUT2D eigenvalue weighted by atomic mass is 32.2. The molecular formula is C9H16N4S. The predicted molar refractivity (Wildman–Crippen MR) is 62.6 cm³/mol. The average molecular weight is 212 g/mol. The van der Waals surface area contributed by atoms with Gasteiger partial charge in [-0.1, -0.05) is 35.2 Å². The fourth-order valence-corrected chi connectivity index (χ4v) is 1.66. The fraction of sp³-hybridized carbons (Fsp3) is 0.444. The molecule has 1 atom stereocenters. The summed E-state index contributed by atoms with van der Waals surface area (Å²) in [6.45, 7) is 4.97. The first-order valence-electron chi connectivity index (χ1n) is 4.57. The van der Waals surface area contributed by atoms with Crippen LogP contribution in [0.3, 0.4) is 0 Å². The van der Waals surface area contributed by atoms with Crippen molar-refractivity contribution in [2.24, 2.45) is 9.74 Å². The maximum absolute atomic E-state index is 3.86. The van der Waals surface area contributed by atoms with E-state index in [1.165, 1.54) is 5.57 Å². The zero-order chi connectivity index (χ0) is 10.4. The van der Waals surface area contributed by atoms with Crippen LogP contribution in [0, 0.1) is 0 Å². The molecule has 0 saturated heterocycles. The van der Waals surface area contributed by atoms with Crippen LogP contribution in [0.25, 0.3) is 0 Å². The Balaban J connectivity index is 2.37. The van der Waals surface area contributed by atoms with E-state index in [0.717, 1.165) is 13.0 Å². The first-order chi connectivity index (χ1) is 6.77. The highest BCUT2D eigenvalue weighted by Crippen LogP contribution is 2.21. The van der Waals surface area contributed by atoms with Crippen LogP contribution in [0.4, 0.5) is 0 Å². The van der Waals surface area contributed by atoms with Gasteiger partial charge in [0.25, 0.3) is 0 Å². The molecule has 0 aromatic rings. The number of nitrogens with zero attached hydrogens (tertiary/aromatic N) is 3. The minimum absolute atomic E-state index is 0.369. The molecule has 1 rings (SSSR count). The van der Waals surface area contributed by atoms with Crippen LogP contribution in [-0.2, 0) is 0 Å². The second kappa shape index (κ2) is 5.72. The quantitative estimate of drug-likeness (QED) is 0.575. The van der Waals surface area contributed by atoms with Crippen molar-refractivity contribution >= 4 is 16.7 Å². The van der Waals surface area contributed by atoms with Crippen molar-refractivity contribution in [2.45, 2.75) is 20.3 Å². The van der Waals surface area contributed by atoms with E-state index in [1.54, 1.807) is 0 Å². The van der Waals surface area contributed by atoms with Crippen LogP contribution in [0.1, 0.15) is 20.3 Å². The van der Waals surface area contributed by atoms with E-state index in [4.69, 9.17) is 0 Å². The molecule has 0 aliphatic carbocycles. The first-order valence-corrected chi connectivity index (χ1v) is 5.88. The number of hydrogen-bond acceptors (Lipinski definition) is 4. The minimum atomic E-state index is -0.369. The van der Waals surface area contributed by atoms with E-state index < -0.39 is 0 Å². The van der Waals surface area contributed by atoms with Gasteiger partial charge in [-0.25, -0.2) is 5.53 Å². The van der Waals surface area contributed by atoms with Gasteiger partial charge in [0.1, 0.15) is 0 Å². The van der Waals surface area contributed by atoms with Gasteiger partial charge in [-0.3, -0.25) is 0 Å². The molecule has 5 heteroatoms. The SMILES string of the molecule is C=S1N=NNN1CC=CC(=CC)CC. The van der Waals surface area contributed by atoms with Crippen molar-refractivity contribution in [2.75, 3.05) is 6.54 Å². The van der Waals surface area contributed by atoms with Crippen molar-refractivity contribution < 1.29 is 0 Å². The topological polar surface area (TPSA) is 40.0 Å². The Morgan fingerprint density at radius 3 is 2.93 bits per heavy atom. The highest BCUT2D eigenvalue weighted by molar-refractivity contribution is 8.10. The number of allylic oxidation sites excluding steroid dienone is 3. The molecular weight excluding hydrogens is 196 g/mol. The van der Waals surface area contributed by atoms with Crippen LogP contribution >= 0.6 is 10.9 Å². The van der Waals surface area contributed by atoms with E-state index in [2.05, 4.69) is 46.3 Å². The predicted octanol–water partition coefficient (Wildman–Crippen LogP) is 2.62. The van der Waals surface area contributed by atoms with E-state index in [9.17, 15) is 0 Å². The largest absolute Gasteiger partial charge is 0.209 e. The van der Waals surface area contributed by atoms with Gasteiger partial charge in [-0.2, -0.15) is 0 Å². The second-order valence-electron chi connectivity index (χ2n) is 2.80. The van der Waals surface area contributed by atoms with Crippen molar-refractivity contribution in [3.05, 3.63) is 23.8 Å². The van der Waals surface area contributed by atoms with E-state index in [-0.39, 0.29) is 10.9 Å². The summed E-state index contributed by atoms with van der Waals surface area (Å²) < 4.78 is 5.75. The summed E-state index contributed by atoms with van der Waals surface area (Å²) in [7, 11) is -0.369. The molecule has 0 radical (unpaired) electrons. The summed E-state index contributed by atoms with van der Waals surface area (Å²) in [4.78, 5) is 0. The number of hydrazine groups is 1. The van der Waals surface area contributed by atoms with Crippen LogP contribution in [-0.4, -0.2) is 16.8 Å². The van der Waals surface area contributed by atoms with Crippen molar-refractivity contribution in [3.8, 4) is 0 Å². The number of nitrogens with one attached hydrogen (secondary N) is 1. The number of hydrogen-bond donors (Lipinski definition) is 1. The summed E-state index contributed by atoms with van der Waals surface area (Å²) in [6.07, 6.45) is 7.39. The van der Waals surface area contributed by atoms with Crippen LogP contribution < -0.4 is 5.53 Å². The molecule has 1 aliphatic rings. The Labute approximate surface area is 87.5 Å². The molecule has 1 N–H and O–H groups in total. The lowest BCUT2D eigenvalue weighted by Gasteiger charge is -2.10. The lowest BCUT2D eigenvalue weighted by atomic mass is 10.2. The molecule has 0 aromatic heterocycles. The van der Waals surface area contributed by atoms with Gasteiger partial charge in [-0.05, 0) is 24.4 Å². The molecule has 14 heavy (non-hydrogen) atoms. The minimum Gasteiger partial charge on any atom is -0.209 e. The molecule has 1 heterocycles. The Morgan fingerprint density at radius 1 is 1.64 bits per heavy atom. The molecule has 0 fully saturated rings.